The Morgan fingerprint density at radius 3 is 2.33 bits per heavy atom. The van der Waals surface area contributed by atoms with Gasteiger partial charge in [-0.15, -0.1) is 0 Å². The van der Waals surface area contributed by atoms with Crippen molar-refractivity contribution in [2.24, 2.45) is 17.8 Å². The topological polar surface area (TPSA) is 114 Å². The summed E-state index contributed by atoms with van der Waals surface area (Å²) in [7, 11) is 0. The molecule has 0 saturated heterocycles. The third kappa shape index (κ3) is 3.86. The highest BCUT2D eigenvalue weighted by Gasteiger charge is 2.51. The number of hydrazine groups is 1. The van der Waals surface area contributed by atoms with Gasteiger partial charge in [0.1, 0.15) is 17.8 Å². The minimum Gasteiger partial charge on any atom is -0.484 e. The number of carbonyl (C=O) groups excluding carboxylic acids is 1. The monoisotopic (exact) mass is 408 g/mol. The summed E-state index contributed by atoms with van der Waals surface area (Å²) in [5.41, 5.74) is 12.2. The Kier molecular flexibility index (Phi) is 4.84. The summed E-state index contributed by atoms with van der Waals surface area (Å²) in [4.78, 5) is 20.7. The summed E-state index contributed by atoms with van der Waals surface area (Å²) in [5.74, 6) is 3.81. The number of hydrogen-bond donors (Lipinski definition) is 4. The first-order chi connectivity index (χ1) is 14.6. The summed E-state index contributed by atoms with van der Waals surface area (Å²) >= 11 is 0. The molecule has 1 aromatic heterocycles. The Hall–Kier alpha value is -3.03. The zero-order chi connectivity index (χ0) is 20.6. The molecule has 1 heterocycles. The van der Waals surface area contributed by atoms with Crippen molar-refractivity contribution in [1.82, 2.24) is 15.4 Å². The summed E-state index contributed by atoms with van der Waals surface area (Å²) in [5, 5.41) is 3.68. The van der Waals surface area contributed by atoms with Gasteiger partial charge in [-0.05, 0) is 68.4 Å². The molecule has 4 bridgehead atoms. The zero-order valence-corrected chi connectivity index (χ0v) is 16.9. The molecule has 4 saturated carbocycles. The molecule has 1 aromatic carbocycles. The lowest BCUT2D eigenvalue weighted by atomic mass is 9.53. The van der Waals surface area contributed by atoms with Crippen LogP contribution in [0.5, 0.6) is 5.75 Å². The summed E-state index contributed by atoms with van der Waals surface area (Å²) in [6, 6.07) is 9.19. The average molecular weight is 409 g/mol. The summed E-state index contributed by atoms with van der Waals surface area (Å²) < 4.78 is 5.44. The van der Waals surface area contributed by atoms with E-state index in [2.05, 4.69) is 26.1 Å². The molecule has 0 spiro atoms. The largest absolute Gasteiger partial charge is 0.484 e. The molecule has 0 radical (unpaired) electrons. The maximum atomic E-state index is 12.1. The Morgan fingerprint density at radius 1 is 1.03 bits per heavy atom. The molecule has 5 N–H and O–H groups in total. The summed E-state index contributed by atoms with van der Waals surface area (Å²) in [6.45, 7) is -0.111. The van der Waals surface area contributed by atoms with Crippen LogP contribution in [0.25, 0.3) is 0 Å². The zero-order valence-electron chi connectivity index (χ0n) is 16.9. The Bertz CT molecular complexity index is 884. The highest BCUT2D eigenvalue weighted by molar-refractivity contribution is 5.81. The van der Waals surface area contributed by atoms with Crippen LogP contribution in [0.4, 0.5) is 17.3 Å². The van der Waals surface area contributed by atoms with Crippen LogP contribution in [0.15, 0.2) is 36.7 Å². The van der Waals surface area contributed by atoms with Crippen molar-refractivity contribution in [3.63, 3.8) is 0 Å². The van der Waals surface area contributed by atoms with E-state index in [1.807, 2.05) is 18.2 Å². The maximum absolute atomic E-state index is 12.1. The van der Waals surface area contributed by atoms with E-state index in [1.54, 1.807) is 12.1 Å². The number of ether oxygens (including phenoxy) is 1. The number of aromatic nitrogens is 2. The van der Waals surface area contributed by atoms with Gasteiger partial charge in [0.15, 0.2) is 18.2 Å². The fourth-order valence-electron chi connectivity index (χ4n) is 5.94. The van der Waals surface area contributed by atoms with Gasteiger partial charge >= 0.3 is 0 Å². The standard InChI is InChI=1S/C22H28N6O2/c23-19-20(26-22-9-14-6-15(10-22)8-16(7-14)11-22)24-13-25-21(19)28-27-18(29)12-30-17-4-2-1-3-5-17/h1-5,13-16H,6-12,23H2,(H,27,29)(H2,24,25,26,28). The molecule has 4 fully saturated rings. The first-order valence-corrected chi connectivity index (χ1v) is 10.7. The molecule has 158 valence electrons. The highest BCUT2D eigenvalue weighted by atomic mass is 16.5. The number of nitrogen functional groups attached to an aromatic ring is 1. The minimum absolute atomic E-state index is 0.0985. The van der Waals surface area contributed by atoms with Crippen LogP contribution in [-0.2, 0) is 4.79 Å². The number of para-hydroxylation sites is 1. The third-order valence-corrected chi connectivity index (χ3v) is 6.74. The third-order valence-electron chi connectivity index (χ3n) is 6.74. The van der Waals surface area contributed by atoms with Gasteiger partial charge in [-0.2, -0.15) is 0 Å². The molecule has 1 amide bonds. The van der Waals surface area contributed by atoms with Crippen LogP contribution in [0.1, 0.15) is 38.5 Å². The number of nitrogens with zero attached hydrogens (tertiary/aromatic N) is 2. The van der Waals surface area contributed by atoms with Crippen molar-refractivity contribution in [2.75, 3.05) is 23.1 Å². The number of anilines is 3. The lowest BCUT2D eigenvalue weighted by Gasteiger charge is -2.57. The molecular weight excluding hydrogens is 380 g/mol. The van der Waals surface area contributed by atoms with E-state index in [4.69, 9.17) is 10.5 Å². The predicted octanol–water partition coefficient (Wildman–Crippen LogP) is 2.96. The van der Waals surface area contributed by atoms with Crippen molar-refractivity contribution in [3.8, 4) is 5.75 Å². The smallest absolute Gasteiger partial charge is 0.276 e. The predicted molar refractivity (Wildman–Crippen MR) is 115 cm³/mol. The summed E-state index contributed by atoms with van der Waals surface area (Å²) in [6.07, 6.45) is 9.18. The second kappa shape index (κ2) is 7.66. The first kappa shape index (κ1) is 19.0. The van der Waals surface area contributed by atoms with Gasteiger partial charge < -0.3 is 15.8 Å². The molecule has 8 heteroatoms. The number of nitrogens with two attached hydrogens (primary N) is 1. The Morgan fingerprint density at radius 2 is 1.67 bits per heavy atom. The Labute approximate surface area is 176 Å². The van der Waals surface area contributed by atoms with Gasteiger partial charge in [0.25, 0.3) is 5.91 Å². The second-order valence-electron chi connectivity index (χ2n) is 9.08. The molecule has 6 rings (SSSR count). The number of hydrogen-bond acceptors (Lipinski definition) is 7. The van der Waals surface area contributed by atoms with Gasteiger partial charge in [-0.1, -0.05) is 18.2 Å². The SMILES string of the molecule is Nc1c(NNC(=O)COc2ccccc2)ncnc1NC12CC3CC(CC(C3)C1)C2. The van der Waals surface area contributed by atoms with Crippen molar-refractivity contribution >= 4 is 23.2 Å². The van der Waals surface area contributed by atoms with Crippen LogP contribution in [0, 0.1) is 17.8 Å². The van der Waals surface area contributed by atoms with E-state index in [9.17, 15) is 4.79 Å². The van der Waals surface area contributed by atoms with Gasteiger partial charge in [0.2, 0.25) is 0 Å². The lowest BCUT2D eigenvalue weighted by Crippen LogP contribution is -2.55. The second-order valence-corrected chi connectivity index (χ2v) is 9.08. The van der Waals surface area contributed by atoms with Gasteiger partial charge in [0, 0.05) is 5.54 Å². The van der Waals surface area contributed by atoms with Crippen LogP contribution in [0.3, 0.4) is 0 Å². The van der Waals surface area contributed by atoms with Gasteiger partial charge in [-0.3, -0.25) is 15.6 Å². The van der Waals surface area contributed by atoms with Crippen molar-refractivity contribution in [3.05, 3.63) is 36.7 Å². The maximum Gasteiger partial charge on any atom is 0.276 e. The lowest BCUT2D eigenvalue weighted by molar-refractivity contribution is -0.122. The fourth-order valence-corrected chi connectivity index (χ4v) is 5.94. The van der Waals surface area contributed by atoms with E-state index in [0.29, 0.717) is 23.1 Å². The number of benzene rings is 1. The van der Waals surface area contributed by atoms with E-state index in [1.165, 1.54) is 44.9 Å². The Balaban J connectivity index is 1.20. The minimum atomic E-state index is -0.326. The molecule has 4 aliphatic carbocycles. The molecule has 2 aromatic rings. The van der Waals surface area contributed by atoms with Crippen LogP contribution >= 0.6 is 0 Å². The van der Waals surface area contributed by atoms with Gasteiger partial charge in [-0.25, -0.2) is 9.97 Å². The molecular formula is C22H28N6O2. The van der Waals surface area contributed by atoms with Crippen molar-refractivity contribution in [1.29, 1.82) is 0 Å². The van der Waals surface area contributed by atoms with E-state index >= 15 is 0 Å². The van der Waals surface area contributed by atoms with Crippen LogP contribution in [0.2, 0.25) is 0 Å². The quantitative estimate of drug-likeness (QED) is 0.521. The van der Waals surface area contributed by atoms with Crippen molar-refractivity contribution in [2.45, 2.75) is 44.1 Å². The van der Waals surface area contributed by atoms with E-state index < -0.39 is 0 Å². The van der Waals surface area contributed by atoms with Crippen LogP contribution < -0.4 is 26.6 Å². The fraction of sp³-hybridized carbons (Fsp3) is 0.500. The van der Waals surface area contributed by atoms with E-state index in [0.717, 1.165) is 17.8 Å². The normalized spacial score (nSPS) is 28.7. The molecule has 0 unspecified atom stereocenters. The molecule has 0 atom stereocenters. The van der Waals surface area contributed by atoms with Crippen LogP contribution in [-0.4, -0.2) is 28.0 Å². The number of nitrogens with one attached hydrogen (secondary N) is 3. The number of amides is 1. The van der Waals surface area contributed by atoms with E-state index in [-0.39, 0.29) is 18.1 Å². The molecule has 4 aliphatic rings. The van der Waals surface area contributed by atoms with Gasteiger partial charge in [0.05, 0.1) is 0 Å². The molecule has 8 nitrogen and oxygen atoms in total. The highest BCUT2D eigenvalue weighted by Crippen LogP contribution is 2.56. The molecule has 30 heavy (non-hydrogen) atoms. The molecule has 0 aliphatic heterocycles. The number of carbonyl (C=O) groups is 1. The average Bonchev–Trinajstić information content (AvgIpc) is 2.72. The number of rotatable bonds is 7. The van der Waals surface area contributed by atoms with Crippen molar-refractivity contribution < 1.29 is 9.53 Å². The first-order valence-electron chi connectivity index (χ1n) is 10.7.